The van der Waals surface area contributed by atoms with E-state index >= 15 is 0 Å². The zero-order valence-electron chi connectivity index (χ0n) is 10.2. The summed E-state index contributed by atoms with van der Waals surface area (Å²) in [5.74, 6) is 0. The molecular weight excluding hydrogens is 245 g/mol. The van der Waals surface area contributed by atoms with Crippen LogP contribution in [0.3, 0.4) is 0 Å². The van der Waals surface area contributed by atoms with Crippen molar-refractivity contribution >= 4 is 5.69 Å². The molecular formula is C12H17F3N2O. The fraction of sp³-hybridized carbons (Fsp3) is 0.500. The Kier molecular flexibility index (Phi) is 5.43. The molecule has 102 valence electrons. The van der Waals surface area contributed by atoms with Crippen LogP contribution in [-0.4, -0.2) is 37.9 Å². The van der Waals surface area contributed by atoms with Gasteiger partial charge in [-0.3, -0.25) is 4.90 Å². The number of hydrogen-bond acceptors (Lipinski definition) is 3. The van der Waals surface area contributed by atoms with Crippen LogP contribution in [0.1, 0.15) is 5.56 Å². The summed E-state index contributed by atoms with van der Waals surface area (Å²) in [6.07, 6.45) is -4.21. The lowest BCUT2D eigenvalue weighted by molar-refractivity contribution is -0.148. The summed E-state index contributed by atoms with van der Waals surface area (Å²) in [6, 6.07) is 6.86. The number of benzene rings is 1. The number of alkyl halides is 3. The predicted molar refractivity (Wildman–Crippen MR) is 64.1 cm³/mol. The Balaban J connectivity index is 2.65. The summed E-state index contributed by atoms with van der Waals surface area (Å²) >= 11 is 0. The van der Waals surface area contributed by atoms with E-state index in [0.717, 1.165) is 5.56 Å². The van der Waals surface area contributed by atoms with Crippen molar-refractivity contribution in [2.45, 2.75) is 12.7 Å². The molecule has 0 radical (unpaired) electrons. The zero-order valence-corrected chi connectivity index (χ0v) is 10.2. The Morgan fingerprint density at radius 3 is 2.61 bits per heavy atom. The highest BCUT2D eigenvalue weighted by Crippen LogP contribution is 2.18. The molecule has 0 aromatic heterocycles. The zero-order chi connectivity index (χ0) is 13.6. The first-order valence-corrected chi connectivity index (χ1v) is 5.53. The quantitative estimate of drug-likeness (QED) is 0.799. The molecule has 0 atom stereocenters. The highest BCUT2D eigenvalue weighted by molar-refractivity contribution is 5.40. The molecule has 0 aliphatic heterocycles. The van der Waals surface area contributed by atoms with E-state index in [1.165, 1.54) is 12.0 Å². The summed E-state index contributed by atoms with van der Waals surface area (Å²) in [5.41, 5.74) is 6.90. The molecule has 6 heteroatoms. The third-order valence-corrected chi connectivity index (χ3v) is 2.37. The van der Waals surface area contributed by atoms with Crippen molar-refractivity contribution in [1.29, 1.82) is 0 Å². The topological polar surface area (TPSA) is 38.5 Å². The van der Waals surface area contributed by atoms with Gasteiger partial charge in [0.15, 0.2) is 0 Å². The molecule has 0 unspecified atom stereocenters. The highest BCUT2D eigenvalue weighted by Gasteiger charge is 2.30. The van der Waals surface area contributed by atoms with Gasteiger partial charge in [-0.15, -0.1) is 0 Å². The number of nitrogen functional groups attached to an aromatic ring is 1. The van der Waals surface area contributed by atoms with Crippen LogP contribution in [0, 0.1) is 0 Å². The van der Waals surface area contributed by atoms with Gasteiger partial charge in [-0.05, 0) is 17.7 Å². The number of hydrogen-bond donors (Lipinski definition) is 1. The lowest BCUT2D eigenvalue weighted by Gasteiger charge is -2.23. The summed E-state index contributed by atoms with van der Waals surface area (Å²) in [5, 5.41) is 0. The summed E-state index contributed by atoms with van der Waals surface area (Å²) in [6.45, 7) is -0.262. The van der Waals surface area contributed by atoms with Crippen LogP contribution in [0.2, 0.25) is 0 Å². The average Bonchev–Trinajstić information content (AvgIpc) is 2.24. The maximum absolute atomic E-state index is 12.4. The molecule has 0 heterocycles. The summed E-state index contributed by atoms with van der Waals surface area (Å²) in [7, 11) is 1.46. The monoisotopic (exact) mass is 262 g/mol. The SMILES string of the molecule is COCCN(Cc1cccc(N)c1)CC(F)(F)F. The summed E-state index contributed by atoms with van der Waals surface area (Å²) < 4.78 is 42.0. The number of anilines is 1. The molecule has 0 fully saturated rings. The number of nitrogens with two attached hydrogens (primary N) is 1. The third-order valence-electron chi connectivity index (χ3n) is 2.37. The molecule has 0 saturated carbocycles. The van der Waals surface area contributed by atoms with Gasteiger partial charge in [-0.25, -0.2) is 0 Å². The maximum atomic E-state index is 12.4. The first-order chi connectivity index (χ1) is 8.40. The van der Waals surface area contributed by atoms with Crippen molar-refractivity contribution in [1.82, 2.24) is 4.90 Å². The molecule has 0 aliphatic carbocycles. The second kappa shape index (κ2) is 6.61. The maximum Gasteiger partial charge on any atom is 0.401 e. The lowest BCUT2D eigenvalue weighted by Crippen LogP contribution is -2.36. The Morgan fingerprint density at radius 1 is 1.33 bits per heavy atom. The smallest absolute Gasteiger partial charge is 0.399 e. The molecule has 18 heavy (non-hydrogen) atoms. The van der Waals surface area contributed by atoms with E-state index in [0.29, 0.717) is 5.69 Å². The number of rotatable bonds is 6. The summed E-state index contributed by atoms with van der Waals surface area (Å²) in [4.78, 5) is 1.29. The lowest BCUT2D eigenvalue weighted by atomic mass is 10.2. The highest BCUT2D eigenvalue weighted by atomic mass is 19.4. The molecule has 0 aliphatic rings. The molecule has 1 aromatic rings. The van der Waals surface area contributed by atoms with Crippen LogP contribution in [0.25, 0.3) is 0 Å². The van der Waals surface area contributed by atoms with Gasteiger partial charge in [0, 0.05) is 25.9 Å². The van der Waals surface area contributed by atoms with E-state index in [1.54, 1.807) is 24.3 Å². The van der Waals surface area contributed by atoms with Crippen LogP contribution in [0.15, 0.2) is 24.3 Å². The van der Waals surface area contributed by atoms with Crippen molar-refractivity contribution < 1.29 is 17.9 Å². The van der Waals surface area contributed by atoms with Crippen molar-refractivity contribution in [2.75, 3.05) is 32.5 Å². The van der Waals surface area contributed by atoms with Gasteiger partial charge in [-0.2, -0.15) is 13.2 Å². The molecule has 0 saturated heterocycles. The number of nitrogens with zero attached hydrogens (tertiary/aromatic N) is 1. The van der Waals surface area contributed by atoms with Crippen molar-refractivity contribution in [3.63, 3.8) is 0 Å². The predicted octanol–water partition coefficient (Wildman–Crippen LogP) is 2.28. The molecule has 0 amide bonds. The Bertz CT molecular complexity index is 369. The van der Waals surface area contributed by atoms with Crippen molar-refractivity contribution in [3.8, 4) is 0 Å². The van der Waals surface area contributed by atoms with E-state index in [9.17, 15) is 13.2 Å². The van der Waals surface area contributed by atoms with Crippen LogP contribution < -0.4 is 5.73 Å². The van der Waals surface area contributed by atoms with Crippen molar-refractivity contribution in [3.05, 3.63) is 29.8 Å². The van der Waals surface area contributed by atoms with Gasteiger partial charge in [0.25, 0.3) is 0 Å². The number of methoxy groups -OCH3 is 1. The standard InChI is InChI=1S/C12H17F3N2O/c1-18-6-5-17(9-12(13,14)15)8-10-3-2-4-11(16)7-10/h2-4,7H,5-6,8-9,16H2,1H3. The van der Waals surface area contributed by atoms with Crippen LogP contribution in [0.4, 0.5) is 18.9 Å². The minimum atomic E-state index is -4.21. The normalized spacial score (nSPS) is 12.1. The van der Waals surface area contributed by atoms with Crippen LogP contribution >= 0.6 is 0 Å². The minimum Gasteiger partial charge on any atom is -0.399 e. The van der Waals surface area contributed by atoms with E-state index in [4.69, 9.17) is 10.5 Å². The van der Waals surface area contributed by atoms with E-state index in [2.05, 4.69) is 0 Å². The van der Waals surface area contributed by atoms with E-state index in [1.807, 2.05) is 0 Å². The van der Waals surface area contributed by atoms with E-state index in [-0.39, 0.29) is 19.7 Å². The largest absolute Gasteiger partial charge is 0.401 e. The molecule has 2 N–H and O–H groups in total. The molecule has 0 spiro atoms. The van der Waals surface area contributed by atoms with Gasteiger partial charge in [0.2, 0.25) is 0 Å². The average molecular weight is 262 g/mol. The second-order valence-corrected chi connectivity index (χ2v) is 4.06. The molecule has 1 rings (SSSR count). The van der Waals surface area contributed by atoms with Gasteiger partial charge in [0.1, 0.15) is 0 Å². The molecule has 0 bridgehead atoms. The van der Waals surface area contributed by atoms with Crippen LogP contribution in [-0.2, 0) is 11.3 Å². The van der Waals surface area contributed by atoms with Crippen molar-refractivity contribution in [2.24, 2.45) is 0 Å². The van der Waals surface area contributed by atoms with Crippen LogP contribution in [0.5, 0.6) is 0 Å². The Hall–Kier alpha value is -1.27. The second-order valence-electron chi connectivity index (χ2n) is 4.06. The Labute approximate surface area is 104 Å². The Morgan fingerprint density at radius 2 is 2.06 bits per heavy atom. The minimum absolute atomic E-state index is 0.202. The van der Waals surface area contributed by atoms with Gasteiger partial charge in [-0.1, -0.05) is 12.1 Å². The first-order valence-electron chi connectivity index (χ1n) is 5.53. The fourth-order valence-corrected chi connectivity index (χ4v) is 1.64. The first kappa shape index (κ1) is 14.8. The van der Waals surface area contributed by atoms with Gasteiger partial charge >= 0.3 is 6.18 Å². The number of halogens is 3. The fourth-order valence-electron chi connectivity index (χ4n) is 1.64. The molecule has 1 aromatic carbocycles. The molecule has 3 nitrogen and oxygen atoms in total. The van der Waals surface area contributed by atoms with E-state index < -0.39 is 12.7 Å². The van der Waals surface area contributed by atoms with Gasteiger partial charge in [0.05, 0.1) is 13.2 Å². The third kappa shape index (κ3) is 5.88. The number of ether oxygens (including phenoxy) is 1. The van der Waals surface area contributed by atoms with Gasteiger partial charge < -0.3 is 10.5 Å².